The predicted octanol–water partition coefficient (Wildman–Crippen LogP) is 4.26. The van der Waals surface area contributed by atoms with E-state index in [1.54, 1.807) is 16.0 Å². The van der Waals surface area contributed by atoms with Crippen LogP contribution < -0.4 is 0 Å². The van der Waals surface area contributed by atoms with E-state index in [4.69, 9.17) is 0 Å². The molecule has 1 aliphatic rings. The first-order valence-corrected chi connectivity index (χ1v) is 9.37. The van der Waals surface area contributed by atoms with Gasteiger partial charge in [-0.15, -0.1) is 11.3 Å². The topological polar surface area (TPSA) is 38.1 Å². The van der Waals surface area contributed by atoms with Crippen molar-refractivity contribution in [3.8, 4) is 11.1 Å². The summed E-state index contributed by atoms with van der Waals surface area (Å²) in [6, 6.07) is 12.5. The molecule has 1 amide bonds. The lowest BCUT2D eigenvalue weighted by Gasteiger charge is -2.22. The van der Waals surface area contributed by atoms with Gasteiger partial charge in [0.2, 0.25) is 0 Å². The Balaban J connectivity index is 1.60. The molecule has 1 fully saturated rings. The van der Waals surface area contributed by atoms with E-state index in [1.807, 2.05) is 48.6 Å². The third-order valence-corrected chi connectivity index (χ3v) is 5.50. The summed E-state index contributed by atoms with van der Waals surface area (Å²) >= 11 is 1.77. The highest BCUT2D eigenvalue weighted by atomic mass is 32.1. The van der Waals surface area contributed by atoms with E-state index in [1.165, 1.54) is 9.75 Å². The molecular formula is C20H21N3OS. The quantitative estimate of drug-likeness (QED) is 0.689. The Kier molecular flexibility index (Phi) is 4.17. The van der Waals surface area contributed by atoms with Gasteiger partial charge < -0.3 is 4.90 Å². The molecule has 0 N–H and O–H groups in total. The molecule has 25 heavy (non-hydrogen) atoms. The van der Waals surface area contributed by atoms with Crippen LogP contribution >= 0.6 is 11.3 Å². The number of rotatable bonds is 5. The van der Waals surface area contributed by atoms with Gasteiger partial charge in [-0.2, -0.15) is 5.10 Å². The van der Waals surface area contributed by atoms with E-state index in [0.717, 1.165) is 29.5 Å². The summed E-state index contributed by atoms with van der Waals surface area (Å²) in [4.78, 5) is 17.7. The van der Waals surface area contributed by atoms with Crippen molar-refractivity contribution in [1.82, 2.24) is 14.7 Å². The molecule has 0 bridgehead atoms. The molecular weight excluding hydrogens is 330 g/mol. The van der Waals surface area contributed by atoms with Crippen molar-refractivity contribution in [1.29, 1.82) is 0 Å². The van der Waals surface area contributed by atoms with Crippen molar-refractivity contribution in [2.24, 2.45) is 7.05 Å². The van der Waals surface area contributed by atoms with E-state index >= 15 is 0 Å². The van der Waals surface area contributed by atoms with Crippen molar-refractivity contribution in [3.63, 3.8) is 0 Å². The first-order chi connectivity index (χ1) is 12.1. The Morgan fingerprint density at radius 2 is 2.12 bits per heavy atom. The summed E-state index contributed by atoms with van der Waals surface area (Å²) in [5.74, 6) is 0.124. The fourth-order valence-corrected chi connectivity index (χ4v) is 3.95. The smallest absolute Gasteiger partial charge is 0.254 e. The third kappa shape index (κ3) is 3.51. The van der Waals surface area contributed by atoms with Crippen molar-refractivity contribution in [2.45, 2.75) is 32.4 Å². The van der Waals surface area contributed by atoms with Crippen LogP contribution in [0.15, 0.2) is 48.8 Å². The molecule has 128 valence electrons. The molecule has 3 aromatic rings. The number of carbonyl (C=O) groups excluding carboxylic acids is 1. The van der Waals surface area contributed by atoms with Gasteiger partial charge in [-0.05, 0) is 49.6 Å². The highest BCUT2D eigenvalue weighted by Crippen LogP contribution is 2.31. The molecule has 1 aromatic carbocycles. The van der Waals surface area contributed by atoms with Crippen molar-refractivity contribution < 1.29 is 4.79 Å². The van der Waals surface area contributed by atoms with Crippen LogP contribution in [-0.2, 0) is 13.6 Å². The minimum Gasteiger partial charge on any atom is -0.331 e. The zero-order valence-corrected chi connectivity index (χ0v) is 15.3. The summed E-state index contributed by atoms with van der Waals surface area (Å²) < 4.78 is 1.78. The number of nitrogens with zero attached hydrogens (tertiary/aromatic N) is 3. The van der Waals surface area contributed by atoms with Crippen LogP contribution in [0.2, 0.25) is 0 Å². The monoisotopic (exact) mass is 351 g/mol. The molecule has 0 unspecified atom stereocenters. The lowest BCUT2D eigenvalue weighted by molar-refractivity contribution is 0.0731. The summed E-state index contributed by atoms with van der Waals surface area (Å²) in [6.45, 7) is 2.81. The Morgan fingerprint density at radius 3 is 2.76 bits per heavy atom. The second-order valence-electron chi connectivity index (χ2n) is 6.66. The number of thiophene rings is 1. The van der Waals surface area contributed by atoms with Crippen molar-refractivity contribution in [3.05, 3.63) is 64.1 Å². The number of hydrogen-bond acceptors (Lipinski definition) is 3. The first-order valence-electron chi connectivity index (χ1n) is 8.55. The van der Waals surface area contributed by atoms with E-state index in [9.17, 15) is 4.79 Å². The van der Waals surface area contributed by atoms with Gasteiger partial charge in [0, 0.05) is 40.2 Å². The zero-order valence-electron chi connectivity index (χ0n) is 14.5. The first kappa shape index (κ1) is 16.1. The van der Waals surface area contributed by atoms with Gasteiger partial charge in [-0.1, -0.05) is 12.1 Å². The molecule has 4 rings (SSSR count). The lowest BCUT2D eigenvalue weighted by atomic mass is 10.1. The van der Waals surface area contributed by atoms with Gasteiger partial charge in [0.1, 0.15) is 0 Å². The molecule has 2 heterocycles. The Bertz CT molecular complexity index is 907. The number of aryl methyl sites for hydroxylation is 2. The molecule has 5 heteroatoms. The van der Waals surface area contributed by atoms with Crippen LogP contribution in [0.4, 0.5) is 0 Å². The molecule has 2 aromatic heterocycles. The van der Waals surface area contributed by atoms with Crippen LogP contribution in [0.5, 0.6) is 0 Å². The summed E-state index contributed by atoms with van der Waals surface area (Å²) in [5.41, 5.74) is 2.81. The van der Waals surface area contributed by atoms with Gasteiger partial charge >= 0.3 is 0 Å². The molecule has 0 spiro atoms. The van der Waals surface area contributed by atoms with Gasteiger partial charge in [-0.3, -0.25) is 9.48 Å². The average molecular weight is 351 g/mol. The van der Waals surface area contributed by atoms with Gasteiger partial charge in [-0.25, -0.2) is 0 Å². The standard InChI is InChI=1S/C20H21N3OS/c1-14-6-9-19(25-14)13-23(18-7-8-18)20(24)16-5-3-4-15(10-16)17-11-21-22(2)12-17/h3-6,9-12,18H,7-8,13H2,1-2H3. The summed E-state index contributed by atoms with van der Waals surface area (Å²) in [5, 5.41) is 4.22. The second kappa shape index (κ2) is 6.48. The van der Waals surface area contributed by atoms with E-state index in [-0.39, 0.29) is 5.91 Å². The molecule has 1 saturated carbocycles. The molecule has 4 nitrogen and oxygen atoms in total. The van der Waals surface area contributed by atoms with Crippen molar-refractivity contribution in [2.75, 3.05) is 0 Å². The fourth-order valence-electron chi connectivity index (χ4n) is 3.06. The van der Waals surface area contributed by atoms with E-state index in [2.05, 4.69) is 24.2 Å². The van der Waals surface area contributed by atoms with Crippen molar-refractivity contribution >= 4 is 17.2 Å². The highest BCUT2D eigenvalue weighted by molar-refractivity contribution is 7.11. The minimum atomic E-state index is 0.124. The maximum atomic E-state index is 13.1. The Hall–Kier alpha value is -2.40. The van der Waals surface area contributed by atoms with Crippen LogP contribution in [0.1, 0.15) is 33.0 Å². The zero-order chi connectivity index (χ0) is 17.4. The normalized spacial score (nSPS) is 13.8. The summed E-state index contributed by atoms with van der Waals surface area (Å²) in [6.07, 6.45) is 6.02. The second-order valence-corrected chi connectivity index (χ2v) is 8.03. The van der Waals surface area contributed by atoms with Crippen LogP contribution in [0, 0.1) is 6.92 Å². The summed E-state index contributed by atoms with van der Waals surface area (Å²) in [7, 11) is 1.90. The number of amides is 1. The van der Waals surface area contributed by atoms with Crippen LogP contribution in [0.3, 0.4) is 0 Å². The largest absolute Gasteiger partial charge is 0.331 e. The lowest BCUT2D eigenvalue weighted by Crippen LogP contribution is -2.32. The average Bonchev–Trinajstić information content (AvgIpc) is 3.23. The molecule has 0 saturated heterocycles. The highest BCUT2D eigenvalue weighted by Gasteiger charge is 2.33. The van der Waals surface area contributed by atoms with E-state index < -0.39 is 0 Å². The molecule has 1 aliphatic carbocycles. The number of benzene rings is 1. The number of hydrogen-bond donors (Lipinski definition) is 0. The minimum absolute atomic E-state index is 0.124. The molecule has 0 aliphatic heterocycles. The van der Waals surface area contributed by atoms with Gasteiger partial charge in [0.05, 0.1) is 12.7 Å². The SMILES string of the molecule is Cc1ccc(CN(C(=O)c2cccc(-c3cnn(C)c3)c2)C2CC2)s1. The Morgan fingerprint density at radius 1 is 1.28 bits per heavy atom. The van der Waals surface area contributed by atoms with Gasteiger partial charge in [0.25, 0.3) is 5.91 Å². The Labute approximate surface area is 151 Å². The van der Waals surface area contributed by atoms with Gasteiger partial charge in [0.15, 0.2) is 0 Å². The third-order valence-electron chi connectivity index (χ3n) is 4.52. The molecule has 0 radical (unpaired) electrons. The van der Waals surface area contributed by atoms with E-state index in [0.29, 0.717) is 12.6 Å². The maximum absolute atomic E-state index is 13.1. The molecule has 0 atom stereocenters. The number of carbonyl (C=O) groups is 1. The fraction of sp³-hybridized carbons (Fsp3) is 0.300. The van der Waals surface area contributed by atoms with Crippen LogP contribution in [0.25, 0.3) is 11.1 Å². The number of aromatic nitrogens is 2. The van der Waals surface area contributed by atoms with Crippen LogP contribution in [-0.4, -0.2) is 26.6 Å². The predicted molar refractivity (Wildman–Crippen MR) is 101 cm³/mol. The maximum Gasteiger partial charge on any atom is 0.254 e.